The number of rotatable bonds is 6. The maximum atomic E-state index is 6.49. The number of aromatic nitrogens is 2. The Morgan fingerprint density at radius 3 is 2.33 bits per heavy atom. The average molecular weight is 437 g/mol. The van der Waals surface area contributed by atoms with E-state index in [1.807, 2.05) is 47.1 Å². The number of halogens is 2. The van der Waals surface area contributed by atoms with Gasteiger partial charge in [-0.1, -0.05) is 60.5 Å². The van der Waals surface area contributed by atoms with Crippen molar-refractivity contribution < 1.29 is 4.74 Å². The van der Waals surface area contributed by atoms with Crippen LogP contribution in [0.4, 0.5) is 0 Å². The average Bonchev–Trinajstić information content (AvgIpc) is 3.09. The van der Waals surface area contributed by atoms with Crippen molar-refractivity contribution in [1.29, 1.82) is 0 Å². The van der Waals surface area contributed by atoms with E-state index < -0.39 is 0 Å². The largest absolute Gasteiger partial charge is 0.489 e. The van der Waals surface area contributed by atoms with Crippen LogP contribution in [-0.2, 0) is 13.0 Å². The van der Waals surface area contributed by atoms with Gasteiger partial charge < -0.3 is 4.74 Å². The van der Waals surface area contributed by atoms with Crippen molar-refractivity contribution >= 4 is 23.2 Å². The highest BCUT2D eigenvalue weighted by atomic mass is 35.5. The second kappa shape index (κ2) is 8.95. The second-order valence-corrected chi connectivity index (χ2v) is 7.92. The molecule has 0 bridgehead atoms. The fourth-order valence-electron chi connectivity index (χ4n) is 3.49. The Morgan fingerprint density at radius 1 is 0.933 bits per heavy atom. The van der Waals surface area contributed by atoms with Gasteiger partial charge in [-0.3, -0.25) is 0 Å². The van der Waals surface area contributed by atoms with Crippen LogP contribution in [0.2, 0.25) is 10.0 Å². The predicted octanol–water partition coefficient (Wildman–Crippen LogP) is 7.30. The van der Waals surface area contributed by atoms with Crippen molar-refractivity contribution in [3.05, 3.63) is 99.7 Å². The molecule has 0 aliphatic rings. The predicted molar refractivity (Wildman–Crippen MR) is 124 cm³/mol. The SMILES string of the molecule is CCc1nn(-c2ccc(Cl)cc2Cl)c(-c2ccc(OCc3ccccc3)cc2)c1C. The molecule has 0 atom stereocenters. The third-order valence-corrected chi connectivity index (χ3v) is 5.61. The van der Waals surface area contributed by atoms with E-state index in [0.29, 0.717) is 16.7 Å². The molecule has 3 aromatic carbocycles. The van der Waals surface area contributed by atoms with Gasteiger partial charge in [0.2, 0.25) is 0 Å². The molecule has 0 aliphatic heterocycles. The summed E-state index contributed by atoms with van der Waals surface area (Å²) in [6, 6.07) is 23.7. The monoisotopic (exact) mass is 436 g/mol. The van der Waals surface area contributed by atoms with Crippen LogP contribution in [0.3, 0.4) is 0 Å². The first kappa shape index (κ1) is 20.5. The Morgan fingerprint density at radius 2 is 1.67 bits per heavy atom. The highest BCUT2D eigenvalue weighted by molar-refractivity contribution is 6.35. The minimum absolute atomic E-state index is 0.539. The summed E-state index contributed by atoms with van der Waals surface area (Å²) in [7, 11) is 0. The lowest BCUT2D eigenvalue weighted by molar-refractivity contribution is 0.306. The van der Waals surface area contributed by atoms with E-state index in [1.165, 1.54) is 0 Å². The Bertz CT molecular complexity index is 1150. The molecular formula is C25H22Cl2N2O. The Balaban J connectivity index is 1.67. The fourth-order valence-corrected chi connectivity index (χ4v) is 3.98. The van der Waals surface area contributed by atoms with Gasteiger partial charge in [-0.25, -0.2) is 4.68 Å². The summed E-state index contributed by atoms with van der Waals surface area (Å²) in [4.78, 5) is 0. The standard InChI is InChI=1S/C25H22Cl2N2O/c1-3-23-17(2)25(29(28-23)24-14-11-20(26)15-22(24)27)19-9-12-21(13-10-19)30-16-18-7-5-4-6-8-18/h4-15H,3,16H2,1-2H3. The van der Waals surface area contributed by atoms with Gasteiger partial charge in [-0.2, -0.15) is 5.10 Å². The van der Waals surface area contributed by atoms with E-state index >= 15 is 0 Å². The van der Waals surface area contributed by atoms with E-state index in [9.17, 15) is 0 Å². The number of hydrogen-bond acceptors (Lipinski definition) is 2. The lowest BCUT2D eigenvalue weighted by atomic mass is 10.1. The molecular weight excluding hydrogens is 415 g/mol. The molecule has 1 aromatic heterocycles. The van der Waals surface area contributed by atoms with Crippen LogP contribution in [0.1, 0.15) is 23.7 Å². The van der Waals surface area contributed by atoms with Crippen LogP contribution in [0, 0.1) is 6.92 Å². The number of aryl methyl sites for hydroxylation is 1. The zero-order valence-electron chi connectivity index (χ0n) is 16.9. The Labute approximate surface area is 186 Å². The lowest BCUT2D eigenvalue weighted by Crippen LogP contribution is -2.01. The molecule has 0 fully saturated rings. The van der Waals surface area contributed by atoms with Crippen molar-refractivity contribution in [3.8, 4) is 22.7 Å². The molecule has 0 radical (unpaired) electrons. The van der Waals surface area contributed by atoms with Gasteiger partial charge in [0, 0.05) is 10.6 Å². The fraction of sp³-hybridized carbons (Fsp3) is 0.160. The van der Waals surface area contributed by atoms with E-state index in [4.69, 9.17) is 33.0 Å². The summed E-state index contributed by atoms with van der Waals surface area (Å²) in [6.45, 7) is 4.74. The first-order valence-electron chi connectivity index (χ1n) is 9.88. The van der Waals surface area contributed by atoms with E-state index in [1.54, 1.807) is 6.07 Å². The Hall–Kier alpha value is -2.75. The third kappa shape index (κ3) is 4.23. The van der Waals surface area contributed by atoms with Gasteiger partial charge >= 0.3 is 0 Å². The summed E-state index contributed by atoms with van der Waals surface area (Å²) in [5, 5.41) is 5.99. The molecule has 0 N–H and O–H groups in total. The van der Waals surface area contributed by atoms with E-state index in [0.717, 1.165) is 45.9 Å². The molecule has 152 valence electrons. The zero-order valence-corrected chi connectivity index (χ0v) is 18.4. The van der Waals surface area contributed by atoms with Gasteiger partial charge in [0.15, 0.2) is 0 Å². The number of ether oxygens (including phenoxy) is 1. The van der Waals surface area contributed by atoms with Crippen LogP contribution in [0.15, 0.2) is 72.8 Å². The molecule has 5 heteroatoms. The van der Waals surface area contributed by atoms with Gasteiger partial charge in [0.05, 0.1) is 22.1 Å². The summed E-state index contributed by atoms with van der Waals surface area (Å²) in [5.74, 6) is 0.826. The van der Waals surface area contributed by atoms with Crippen molar-refractivity contribution in [3.63, 3.8) is 0 Å². The second-order valence-electron chi connectivity index (χ2n) is 7.08. The molecule has 30 heavy (non-hydrogen) atoms. The molecule has 0 spiro atoms. The highest BCUT2D eigenvalue weighted by Gasteiger charge is 2.18. The zero-order chi connectivity index (χ0) is 21.1. The highest BCUT2D eigenvalue weighted by Crippen LogP contribution is 2.33. The van der Waals surface area contributed by atoms with E-state index in [-0.39, 0.29) is 0 Å². The van der Waals surface area contributed by atoms with Crippen LogP contribution >= 0.6 is 23.2 Å². The maximum absolute atomic E-state index is 6.49. The minimum Gasteiger partial charge on any atom is -0.489 e. The van der Waals surface area contributed by atoms with Crippen LogP contribution in [0.25, 0.3) is 16.9 Å². The molecule has 0 saturated heterocycles. The molecule has 3 nitrogen and oxygen atoms in total. The first-order valence-corrected chi connectivity index (χ1v) is 10.6. The van der Waals surface area contributed by atoms with Gasteiger partial charge in [-0.05, 0) is 66.9 Å². The molecule has 0 amide bonds. The summed E-state index contributed by atoms with van der Waals surface area (Å²) >= 11 is 12.6. The normalized spacial score (nSPS) is 10.9. The van der Waals surface area contributed by atoms with Gasteiger partial charge in [0.25, 0.3) is 0 Å². The molecule has 0 saturated carbocycles. The molecule has 1 heterocycles. The van der Waals surface area contributed by atoms with Crippen molar-refractivity contribution in [2.45, 2.75) is 26.9 Å². The lowest BCUT2D eigenvalue weighted by Gasteiger charge is -2.12. The van der Waals surface area contributed by atoms with E-state index in [2.05, 4.69) is 38.1 Å². The first-order chi connectivity index (χ1) is 14.6. The number of nitrogens with zero attached hydrogens (tertiary/aromatic N) is 2. The van der Waals surface area contributed by atoms with Crippen molar-refractivity contribution in [2.24, 2.45) is 0 Å². The number of hydrogen-bond donors (Lipinski definition) is 0. The maximum Gasteiger partial charge on any atom is 0.119 e. The van der Waals surface area contributed by atoms with Gasteiger partial charge in [0.1, 0.15) is 12.4 Å². The van der Waals surface area contributed by atoms with Crippen LogP contribution in [-0.4, -0.2) is 9.78 Å². The quantitative estimate of drug-likeness (QED) is 0.317. The third-order valence-electron chi connectivity index (χ3n) is 5.07. The molecule has 4 rings (SSSR count). The van der Waals surface area contributed by atoms with Crippen LogP contribution in [0.5, 0.6) is 5.75 Å². The Kier molecular flexibility index (Phi) is 6.12. The summed E-state index contributed by atoms with van der Waals surface area (Å²) < 4.78 is 7.84. The molecule has 4 aromatic rings. The smallest absolute Gasteiger partial charge is 0.119 e. The van der Waals surface area contributed by atoms with Crippen LogP contribution < -0.4 is 4.74 Å². The summed E-state index contributed by atoms with van der Waals surface area (Å²) in [5.41, 5.74) is 6.20. The van der Waals surface area contributed by atoms with Gasteiger partial charge in [-0.15, -0.1) is 0 Å². The summed E-state index contributed by atoms with van der Waals surface area (Å²) in [6.07, 6.45) is 0.843. The topological polar surface area (TPSA) is 27.1 Å². The minimum atomic E-state index is 0.539. The van der Waals surface area contributed by atoms with Crippen molar-refractivity contribution in [2.75, 3.05) is 0 Å². The molecule has 0 unspecified atom stereocenters. The molecule has 0 aliphatic carbocycles. The van der Waals surface area contributed by atoms with Crippen molar-refractivity contribution in [1.82, 2.24) is 9.78 Å². The number of benzene rings is 3.